The highest BCUT2D eigenvalue weighted by Crippen LogP contribution is 2.13. The molecule has 1 N–H and O–H groups in total. The number of halogens is 1. The largest absolute Gasteiger partial charge is 0.352 e. The van der Waals surface area contributed by atoms with Crippen LogP contribution in [-0.2, 0) is 13.0 Å². The van der Waals surface area contributed by atoms with Gasteiger partial charge in [-0.3, -0.25) is 14.2 Å². The number of hydrogen-bond donors (Lipinski definition) is 1. The molecule has 0 saturated carbocycles. The summed E-state index contributed by atoms with van der Waals surface area (Å²) in [6.07, 6.45) is 2.27. The molecule has 6 heteroatoms. The summed E-state index contributed by atoms with van der Waals surface area (Å²) in [5.74, 6) is -0.768. The molecular weight excluding hydrogens is 381 g/mol. The van der Waals surface area contributed by atoms with E-state index < -0.39 is 11.5 Å². The fraction of sp³-hybridized carbons (Fsp3) is 0.125. The highest BCUT2D eigenvalue weighted by atomic mass is 19.1. The Morgan fingerprint density at radius 1 is 0.967 bits per heavy atom. The second-order valence-electron chi connectivity index (χ2n) is 6.98. The number of carbonyl (C=O) groups is 1. The average molecular weight is 401 g/mol. The summed E-state index contributed by atoms with van der Waals surface area (Å²) in [7, 11) is 0. The van der Waals surface area contributed by atoms with Crippen molar-refractivity contribution in [3.05, 3.63) is 112 Å². The average Bonchev–Trinajstić information content (AvgIpc) is 2.77. The number of rotatable bonds is 6. The molecule has 0 aliphatic heterocycles. The molecule has 0 aliphatic rings. The smallest absolute Gasteiger partial charge is 0.265 e. The molecule has 0 bridgehead atoms. The summed E-state index contributed by atoms with van der Waals surface area (Å²) < 4.78 is 14.7. The molecule has 0 radical (unpaired) electrons. The summed E-state index contributed by atoms with van der Waals surface area (Å²) >= 11 is 0. The molecule has 0 atom stereocenters. The van der Waals surface area contributed by atoms with Crippen molar-refractivity contribution in [1.29, 1.82) is 0 Å². The van der Waals surface area contributed by atoms with Gasteiger partial charge in [-0.25, -0.2) is 9.37 Å². The molecule has 4 rings (SSSR count). The minimum Gasteiger partial charge on any atom is -0.352 e. The lowest BCUT2D eigenvalue weighted by molar-refractivity contribution is 0.0952. The Kier molecular flexibility index (Phi) is 5.66. The normalized spacial score (nSPS) is 10.8. The molecular formula is C24H20FN3O2. The van der Waals surface area contributed by atoms with E-state index in [1.165, 1.54) is 16.7 Å². The van der Waals surface area contributed by atoms with Gasteiger partial charge in [0.05, 0.1) is 6.54 Å². The standard InChI is InChI=1S/C24H20FN3O2/c25-20-10-8-18(9-11-20)16-28-22-19(7-4-13-26-22)15-21(24(28)30)23(29)27-14-12-17-5-2-1-3-6-17/h1-11,13,15H,12,14,16H2,(H,27,29). The highest BCUT2D eigenvalue weighted by Gasteiger charge is 2.16. The summed E-state index contributed by atoms with van der Waals surface area (Å²) in [6, 6.07) is 20.9. The molecule has 2 aromatic carbocycles. The highest BCUT2D eigenvalue weighted by molar-refractivity contribution is 5.96. The minimum atomic E-state index is -0.428. The van der Waals surface area contributed by atoms with Crippen LogP contribution in [0.25, 0.3) is 11.0 Å². The maximum Gasteiger partial charge on any atom is 0.265 e. The fourth-order valence-corrected chi connectivity index (χ4v) is 3.35. The number of nitrogens with one attached hydrogen (secondary N) is 1. The molecule has 2 heterocycles. The third-order valence-corrected chi connectivity index (χ3v) is 4.89. The van der Waals surface area contributed by atoms with Gasteiger partial charge >= 0.3 is 0 Å². The second kappa shape index (κ2) is 8.69. The van der Waals surface area contributed by atoms with Crippen LogP contribution in [0.3, 0.4) is 0 Å². The molecule has 0 spiro atoms. The molecule has 5 nitrogen and oxygen atoms in total. The van der Waals surface area contributed by atoms with Gasteiger partial charge in [0.25, 0.3) is 11.5 Å². The summed E-state index contributed by atoms with van der Waals surface area (Å²) in [4.78, 5) is 30.2. The molecule has 150 valence electrons. The first-order valence-corrected chi connectivity index (χ1v) is 9.67. The number of fused-ring (bicyclic) bond motifs is 1. The number of amides is 1. The topological polar surface area (TPSA) is 64.0 Å². The lowest BCUT2D eigenvalue weighted by atomic mass is 10.1. The van der Waals surface area contributed by atoms with Crippen molar-refractivity contribution in [3.63, 3.8) is 0 Å². The number of carbonyl (C=O) groups excluding carboxylic acids is 1. The van der Waals surface area contributed by atoms with Crippen LogP contribution in [-0.4, -0.2) is 22.0 Å². The van der Waals surface area contributed by atoms with Crippen molar-refractivity contribution in [2.24, 2.45) is 0 Å². The first kappa shape index (κ1) is 19.5. The third kappa shape index (κ3) is 4.27. The van der Waals surface area contributed by atoms with Gasteiger partial charge in [-0.15, -0.1) is 0 Å². The number of nitrogens with zero attached hydrogens (tertiary/aromatic N) is 2. The van der Waals surface area contributed by atoms with Gasteiger partial charge in [-0.05, 0) is 47.9 Å². The van der Waals surface area contributed by atoms with Gasteiger partial charge in [0.15, 0.2) is 0 Å². The van der Waals surface area contributed by atoms with E-state index in [0.717, 1.165) is 11.1 Å². The number of benzene rings is 2. The van der Waals surface area contributed by atoms with Crippen molar-refractivity contribution in [2.75, 3.05) is 6.54 Å². The minimum absolute atomic E-state index is 0.0608. The maximum atomic E-state index is 13.2. The van der Waals surface area contributed by atoms with E-state index in [9.17, 15) is 14.0 Å². The Bertz CT molecular complexity index is 1240. The van der Waals surface area contributed by atoms with E-state index in [2.05, 4.69) is 10.3 Å². The zero-order valence-electron chi connectivity index (χ0n) is 16.2. The van der Waals surface area contributed by atoms with Crippen molar-refractivity contribution >= 4 is 16.9 Å². The Labute approximate surface area is 172 Å². The van der Waals surface area contributed by atoms with Crippen molar-refractivity contribution in [3.8, 4) is 0 Å². The van der Waals surface area contributed by atoms with Gasteiger partial charge in [0.2, 0.25) is 0 Å². The molecule has 0 unspecified atom stereocenters. The summed E-state index contributed by atoms with van der Waals surface area (Å²) in [5, 5.41) is 3.52. The van der Waals surface area contributed by atoms with Gasteiger partial charge in [-0.2, -0.15) is 0 Å². The summed E-state index contributed by atoms with van der Waals surface area (Å²) in [5.41, 5.74) is 1.96. The van der Waals surface area contributed by atoms with E-state index in [-0.39, 0.29) is 17.9 Å². The molecule has 4 aromatic rings. The first-order valence-electron chi connectivity index (χ1n) is 9.67. The van der Waals surface area contributed by atoms with Crippen molar-refractivity contribution in [1.82, 2.24) is 14.9 Å². The van der Waals surface area contributed by atoms with E-state index >= 15 is 0 Å². The van der Waals surface area contributed by atoms with Crippen LogP contribution < -0.4 is 10.9 Å². The molecule has 0 saturated heterocycles. The van der Waals surface area contributed by atoms with E-state index in [0.29, 0.717) is 24.0 Å². The van der Waals surface area contributed by atoms with Crippen molar-refractivity contribution in [2.45, 2.75) is 13.0 Å². The Balaban J connectivity index is 1.63. The maximum absolute atomic E-state index is 13.2. The third-order valence-electron chi connectivity index (χ3n) is 4.89. The van der Waals surface area contributed by atoms with Gasteiger partial charge < -0.3 is 5.32 Å². The lowest BCUT2D eigenvalue weighted by Crippen LogP contribution is -2.34. The van der Waals surface area contributed by atoms with Gasteiger partial charge in [-0.1, -0.05) is 42.5 Å². The zero-order valence-corrected chi connectivity index (χ0v) is 16.2. The number of aromatic nitrogens is 2. The number of pyridine rings is 2. The molecule has 0 aliphatic carbocycles. The van der Waals surface area contributed by atoms with E-state index in [1.807, 2.05) is 36.4 Å². The lowest BCUT2D eigenvalue weighted by Gasteiger charge is -2.12. The predicted molar refractivity (Wildman–Crippen MR) is 114 cm³/mol. The van der Waals surface area contributed by atoms with Crippen LogP contribution in [0.15, 0.2) is 83.8 Å². The SMILES string of the molecule is O=C(NCCc1ccccc1)c1cc2cccnc2n(Cc2ccc(F)cc2)c1=O. The summed E-state index contributed by atoms with van der Waals surface area (Å²) in [6.45, 7) is 0.614. The second-order valence-corrected chi connectivity index (χ2v) is 6.98. The predicted octanol–water partition coefficient (Wildman–Crippen LogP) is 3.56. The van der Waals surface area contributed by atoms with Crippen LogP contribution in [0, 0.1) is 5.82 Å². The number of hydrogen-bond acceptors (Lipinski definition) is 3. The Hall–Kier alpha value is -3.80. The van der Waals surface area contributed by atoms with E-state index in [1.54, 1.807) is 30.5 Å². The zero-order chi connectivity index (χ0) is 20.9. The monoisotopic (exact) mass is 401 g/mol. The Morgan fingerprint density at radius 3 is 2.50 bits per heavy atom. The molecule has 30 heavy (non-hydrogen) atoms. The Morgan fingerprint density at radius 2 is 1.73 bits per heavy atom. The van der Waals surface area contributed by atoms with Crippen LogP contribution in [0.5, 0.6) is 0 Å². The van der Waals surface area contributed by atoms with Gasteiger partial charge in [0, 0.05) is 18.1 Å². The van der Waals surface area contributed by atoms with E-state index in [4.69, 9.17) is 0 Å². The molecule has 0 fully saturated rings. The van der Waals surface area contributed by atoms with Crippen molar-refractivity contribution < 1.29 is 9.18 Å². The van der Waals surface area contributed by atoms with Crippen LogP contribution >= 0.6 is 0 Å². The van der Waals surface area contributed by atoms with Gasteiger partial charge in [0.1, 0.15) is 17.0 Å². The van der Waals surface area contributed by atoms with Crippen LogP contribution in [0.2, 0.25) is 0 Å². The van der Waals surface area contributed by atoms with Crippen LogP contribution in [0.4, 0.5) is 4.39 Å². The quantitative estimate of drug-likeness (QED) is 0.537. The molecule has 2 aromatic heterocycles. The molecule has 1 amide bonds. The first-order chi connectivity index (χ1) is 14.6. The van der Waals surface area contributed by atoms with Crippen LogP contribution in [0.1, 0.15) is 21.5 Å². The fourth-order valence-electron chi connectivity index (χ4n) is 3.35.